The summed E-state index contributed by atoms with van der Waals surface area (Å²) in [5, 5.41) is 9.89. The van der Waals surface area contributed by atoms with Gasteiger partial charge in [0.15, 0.2) is 11.6 Å². The molecule has 0 bridgehead atoms. The SMILES string of the molecule is OC(c1cc(F)ccc1C(F)(F)F)c1cccc(F)c1F. The highest BCUT2D eigenvalue weighted by molar-refractivity contribution is 5.38. The van der Waals surface area contributed by atoms with Crippen molar-refractivity contribution >= 4 is 0 Å². The van der Waals surface area contributed by atoms with E-state index < -0.39 is 46.4 Å². The van der Waals surface area contributed by atoms with Gasteiger partial charge in [0.2, 0.25) is 0 Å². The van der Waals surface area contributed by atoms with Gasteiger partial charge in [0.1, 0.15) is 11.9 Å². The largest absolute Gasteiger partial charge is 0.416 e. The summed E-state index contributed by atoms with van der Waals surface area (Å²) >= 11 is 0. The Hall–Kier alpha value is -2.02. The lowest BCUT2D eigenvalue weighted by molar-refractivity contribution is -0.139. The number of benzene rings is 2. The van der Waals surface area contributed by atoms with Gasteiger partial charge >= 0.3 is 6.18 Å². The van der Waals surface area contributed by atoms with Crippen LogP contribution >= 0.6 is 0 Å². The van der Waals surface area contributed by atoms with E-state index in [1.165, 1.54) is 0 Å². The van der Waals surface area contributed by atoms with Crippen LogP contribution in [0.15, 0.2) is 36.4 Å². The Labute approximate surface area is 115 Å². The van der Waals surface area contributed by atoms with Crippen molar-refractivity contribution in [2.24, 2.45) is 0 Å². The van der Waals surface area contributed by atoms with Crippen molar-refractivity contribution in [3.8, 4) is 0 Å². The molecule has 0 fully saturated rings. The van der Waals surface area contributed by atoms with Crippen LogP contribution in [-0.2, 0) is 6.18 Å². The minimum Gasteiger partial charge on any atom is -0.384 e. The van der Waals surface area contributed by atoms with Crippen LogP contribution in [0.1, 0.15) is 22.8 Å². The number of aliphatic hydroxyl groups excluding tert-OH is 1. The maximum Gasteiger partial charge on any atom is 0.416 e. The van der Waals surface area contributed by atoms with E-state index in [1.807, 2.05) is 0 Å². The van der Waals surface area contributed by atoms with Crippen molar-refractivity contribution in [3.05, 3.63) is 70.5 Å². The maximum absolute atomic E-state index is 13.6. The summed E-state index contributed by atoms with van der Waals surface area (Å²) in [4.78, 5) is 0. The molecular weight excluding hydrogens is 298 g/mol. The molecule has 0 radical (unpaired) electrons. The molecule has 0 heterocycles. The second-order valence-electron chi connectivity index (χ2n) is 4.27. The molecule has 7 heteroatoms. The first-order valence-electron chi connectivity index (χ1n) is 5.70. The van der Waals surface area contributed by atoms with Crippen LogP contribution < -0.4 is 0 Å². The predicted octanol–water partition coefficient (Wildman–Crippen LogP) is 4.20. The van der Waals surface area contributed by atoms with Gasteiger partial charge in [0, 0.05) is 11.1 Å². The van der Waals surface area contributed by atoms with E-state index in [9.17, 15) is 31.4 Å². The molecule has 1 N–H and O–H groups in total. The molecule has 2 aromatic rings. The van der Waals surface area contributed by atoms with Gasteiger partial charge in [-0.1, -0.05) is 12.1 Å². The quantitative estimate of drug-likeness (QED) is 0.824. The van der Waals surface area contributed by atoms with Crippen LogP contribution in [0.2, 0.25) is 0 Å². The van der Waals surface area contributed by atoms with E-state index in [2.05, 4.69) is 0 Å². The molecule has 0 amide bonds. The Kier molecular flexibility index (Phi) is 3.95. The number of halogens is 6. The highest BCUT2D eigenvalue weighted by atomic mass is 19.4. The highest BCUT2D eigenvalue weighted by Crippen LogP contribution is 2.37. The summed E-state index contributed by atoms with van der Waals surface area (Å²) in [5.74, 6) is -3.84. The molecular formula is C14H8F6O. The predicted molar refractivity (Wildman–Crippen MR) is 61.8 cm³/mol. The topological polar surface area (TPSA) is 20.2 Å². The van der Waals surface area contributed by atoms with Gasteiger partial charge in [0.25, 0.3) is 0 Å². The van der Waals surface area contributed by atoms with Crippen molar-refractivity contribution < 1.29 is 31.4 Å². The zero-order valence-corrected chi connectivity index (χ0v) is 10.3. The van der Waals surface area contributed by atoms with Crippen LogP contribution in [-0.4, -0.2) is 5.11 Å². The van der Waals surface area contributed by atoms with E-state index in [4.69, 9.17) is 0 Å². The summed E-state index contributed by atoms with van der Waals surface area (Å²) in [6, 6.07) is 4.16. The normalized spacial score (nSPS) is 13.3. The molecule has 0 aromatic heterocycles. The fraction of sp³-hybridized carbons (Fsp3) is 0.143. The standard InChI is InChI=1S/C14H8F6O/c15-7-4-5-10(14(18,19)20)9(6-7)13(21)8-2-1-3-11(16)12(8)17/h1-6,13,21H. The van der Waals surface area contributed by atoms with Crippen molar-refractivity contribution in [1.82, 2.24) is 0 Å². The second-order valence-corrected chi connectivity index (χ2v) is 4.27. The van der Waals surface area contributed by atoms with Gasteiger partial charge < -0.3 is 5.11 Å². The molecule has 0 saturated carbocycles. The minimum absolute atomic E-state index is 0.436. The Morgan fingerprint density at radius 1 is 0.905 bits per heavy atom. The number of rotatable bonds is 2. The maximum atomic E-state index is 13.6. The highest BCUT2D eigenvalue weighted by Gasteiger charge is 2.36. The van der Waals surface area contributed by atoms with Gasteiger partial charge in [0.05, 0.1) is 5.56 Å². The van der Waals surface area contributed by atoms with Gasteiger partial charge in [-0.05, 0) is 24.3 Å². The number of aliphatic hydroxyl groups is 1. The smallest absolute Gasteiger partial charge is 0.384 e. The lowest BCUT2D eigenvalue weighted by Crippen LogP contribution is -2.14. The number of hydrogen-bond donors (Lipinski definition) is 1. The van der Waals surface area contributed by atoms with E-state index in [1.54, 1.807) is 0 Å². The van der Waals surface area contributed by atoms with Gasteiger partial charge in [-0.15, -0.1) is 0 Å². The first-order chi connectivity index (χ1) is 9.71. The first kappa shape index (κ1) is 15.4. The van der Waals surface area contributed by atoms with Crippen LogP contribution in [0.3, 0.4) is 0 Å². The summed E-state index contributed by atoms with van der Waals surface area (Å²) in [5.41, 5.74) is -2.90. The van der Waals surface area contributed by atoms with Crippen molar-refractivity contribution in [3.63, 3.8) is 0 Å². The third-order valence-corrected chi connectivity index (χ3v) is 2.89. The minimum atomic E-state index is -4.87. The van der Waals surface area contributed by atoms with E-state index in [0.717, 1.165) is 18.2 Å². The van der Waals surface area contributed by atoms with E-state index >= 15 is 0 Å². The second kappa shape index (κ2) is 5.40. The Bertz CT molecular complexity index is 665. The molecule has 1 unspecified atom stereocenters. The fourth-order valence-electron chi connectivity index (χ4n) is 1.92. The number of alkyl halides is 3. The van der Waals surface area contributed by atoms with Crippen LogP contribution in [0.5, 0.6) is 0 Å². The van der Waals surface area contributed by atoms with Crippen LogP contribution in [0.25, 0.3) is 0 Å². The monoisotopic (exact) mass is 306 g/mol. The summed E-state index contributed by atoms with van der Waals surface area (Å²) in [6.07, 6.45) is -7.01. The Morgan fingerprint density at radius 3 is 2.19 bits per heavy atom. The Morgan fingerprint density at radius 2 is 1.57 bits per heavy atom. The third kappa shape index (κ3) is 3.02. The average Bonchev–Trinajstić information content (AvgIpc) is 2.39. The van der Waals surface area contributed by atoms with Gasteiger partial charge in [-0.25, -0.2) is 13.2 Å². The molecule has 0 spiro atoms. The van der Waals surface area contributed by atoms with Crippen molar-refractivity contribution in [2.75, 3.05) is 0 Å². The van der Waals surface area contributed by atoms with Crippen LogP contribution in [0.4, 0.5) is 26.3 Å². The fourth-order valence-corrected chi connectivity index (χ4v) is 1.92. The summed E-state index contributed by atoms with van der Waals surface area (Å²) in [6.45, 7) is 0. The summed E-state index contributed by atoms with van der Waals surface area (Å²) < 4.78 is 78.3. The Balaban J connectivity index is 2.60. The third-order valence-electron chi connectivity index (χ3n) is 2.89. The zero-order chi connectivity index (χ0) is 15.8. The molecule has 0 aliphatic heterocycles. The molecule has 0 saturated heterocycles. The average molecular weight is 306 g/mol. The molecule has 0 aliphatic carbocycles. The molecule has 21 heavy (non-hydrogen) atoms. The van der Waals surface area contributed by atoms with Gasteiger partial charge in [-0.2, -0.15) is 13.2 Å². The molecule has 112 valence electrons. The van der Waals surface area contributed by atoms with Crippen LogP contribution in [0, 0.1) is 17.5 Å². The molecule has 2 aromatic carbocycles. The van der Waals surface area contributed by atoms with E-state index in [0.29, 0.717) is 18.2 Å². The first-order valence-corrected chi connectivity index (χ1v) is 5.70. The lowest BCUT2D eigenvalue weighted by atomic mass is 9.96. The molecule has 1 nitrogen and oxygen atoms in total. The van der Waals surface area contributed by atoms with Gasteiger partial charge in [-0.3, -0.25) is 0 Å². The lowest BCUT2D eigenvalue weighted by Gasteiger charge is -2.18. The molecule has 1 atom stereocenters. The van der Waals surface area contributed by atoms with Crippen molar-refractivity contribution in [2.45, 2.75) is 12.3 Å². The number of hydrogen-bond acceptors (Lipinski definition) is 1. The molecule has 0 aliphatic rings. The zero-order valence-electron chi connectivity index (χ0n) is 10.3. The van der Waals surface area contributed by atoms with Crippen molar-refractivity contribution in [1.29, 1.82) is 0 Å². The van der Waals surface area contributed by atoms with E-state index in [-0.39, 0.29) is 0 Å². The summed E-state index contributed by atoms with van der Waals surface area (Å²) in [7, 11) is 0. The molecule has 2 rings (SSSR count).